The molecule has 2 heterocycles. The minimum Gasteiger partial charge on any atom is -0.469 e. The van der Waals surface area contributed by atoms with Crippen molar-refractivity contribution in [3.63, 3.8) is 0 Å². The molecular weight excluding hydrogens is 354 g/mol. The minimum atomic E-state index is -0.145. The maximum absolute atomic E-state index is 12.0. The molecule has 1 aliphatic heterocycles. The fourth-order valence-corrected chi connectivity index (χ4v) is 3.53. The normalized spacial score (nSPS) is 19.7. The summed E-state index contributed by atoms with van der Waals surface area (Å²) in [5, 5.41) is 7.78. The van der Waals surface area contributed by atoms with E-state index in [4.69, 9.17) is 9.73 Å². The zero-order valence-corrected chi connectivity index (χ0v) is 16.8. The van der Waals surface area contributed by atoms with Gasteiger partial charge in [-0.1, -0.05) is 37.3 Å². The second-order valence-electron chi connectivity index (χ2n) is 7.21. The van der Waals surface area contributed by atoms with Crippen LogP contribution in [0.25, 0.3) is 0 Å². The number of aromatic nitrogens is 2. The summed E-state index contributed by atoms with van der Waals surface area (Å²) >= 11 is 0. The van der Waals surface area contributed by atoms with Crippen LogP contribution in [0.1, 0.15) is 25.0 Å². The molecule has 0 spiro atoms. The summed E-state index contributed by atoms with van der Waals surface area (Å²) in [4.78, 5) is 18.9. The molecule has 1 aromatic heterocycles. The van der Waals surface area contributed by atoms with E-state index in [1.165, 1.54) is 12.7 Å². The van der Waals surface area contributed by atoms with Crippen LogP contribution < -0.4 is 5.32 Å². The zero-order valence-electron chi connectivity index (χ0n) is 16.8. The van der Waals surface area contributed by atoms with E-state index in [1.54, 1.807) is 0 Å². The SMILES string of the molecule is CCNC(=NCc1cnn(Cc2ccccc2)c1)N1CC(C)C(C(=O)OC)C1. The molecule has 1 saturated heterocycles. The van der Waals surface area contributed by atoms with Crippen LogP contribution in [0.4, 0.5) is 0 Å². The van der Waals surface area contributed by atoms with Crippen molar-refractivity contribution in [2.75, 3.05) is 26.7 Å². The Bertz CT molecular complexity index is 802. The summed E-state index contributed by atoms with van der Waals surface area (Å²) < 4.78 is 6.87. The zero-order chi connectivity index (χ0) is 19.9. The largest absolute Gasteiger partial charge is 0.469 e. The maximum atomic E-state index is 12.0. The second-order valence-corrected chi connectivity index (χ2v) is 7.21. The van der Waals surface area contributed by atoms with E-state index in [2.05, 4.69) is 34.4 Å². The van der Waals surface area contributed by atoms with Gasteiger partial charge in [0.15, 0.2) is 5.96 Å². The average Bonchev–Trinajstić information content (AvgIpc) is 3.31. The Kier molecular flexibility index (Phi) is 6.68. The van der Waals surface area contributed by atoms with Crippen molar-refractivity contribution in [1.82, 2.24) is 20.0 Å². The monoisotopic (exact) mass is 383 g/mol. The fraction of sp³-hybridized carbons (Fsp3) is 0.476. The highest BCUT2D eigenvalue weighted by atomic mass is 16.5. The topological polar surface area (TPSA) is 71.8 Å². The molecule has 28 heavy (non-hydrogen) atoms. The number of carbonyl (C=O) groups is 1. The maximum Gasteiger partial charge on any atom is 0.310 e. The van der Waals surface area contributed by atoms with Crippen LogP contribution in [0.15, 0.2) is 47.7 Å². The number of methoxy groups -OCH3 is 1. The molecule has 0 saturated carbocycles. The molecule has 150 valence electrons. The number of benzene rings is 1. The Balaban J connectivity index is 1.64. The summed E-state index contributed by atoms with van der Waals surface area (Å²) in [5.41, 5.74) is 2.27. The number of ether oxygens (including phenoxy) is 1. The van der Waals surface area contributed by atoms with E-state index < -0.39 is 0 Å². The van der Waals surface area contributed by atoms with E-state index in [1.807, 2.05) is 42.2 Å². The number of likely N-dealkylation sites (tertiary alicyclic amines) is 1. The van der Waals surface area contributed by atoms with E-state index in [9.17, 15) is 4.79 Å². The molecule has 1 fully saturated rings. The second kappa shape index (κ2) is 9.39. The van der Waals surface area contributed by atoms with Crippen molar-refractivity contribution in [3.05, 3.63) is 53.9 Å². The Morgan fingerprint density at radius 1 is 1.29 bits per heavy atom. The number of rotatable bonds is 6. The Hall–Kier alpha value is -2.83. The van der Waals surface area contributed by atoms with Crippen LogP contribution in [0.2, 0.25) is 0 Å². The highest BCUT2D eigenvalue weighted by Crippen LogP contribution is 2.24. The number of guanidine groups is 1. The molecule has 2 aromatic rings. The number of hydrogen-bond donors (Lipinski definition) is 1. The first-order valence-electron chi connectivity index (χ1n) is 9.77. The molecule has 2 unspecified atom stereocenters. The van der Waals surface area contributed by atoms with Crippen molar-refractivity contribution in [2.45, 2.75) is 26.9 Å². The molecule has 0 aliphatic carbocycles. The number of aliphatic imine (C=N–C) groups is 1. The van der Waals surface area contributed by atoms with Crippen LogP contribution in [0.5, 0.6) is 0 Å². The van der Waals surface area contributed by atoms with Crippen molar-refractivity contribution < 1.29 is 9.53 Å². The standard InChI is InChI=1S/C21H29N5O2/c1-4-22-21(25-12-16(2)19(15-25)20(27)28-3)23-10-18-11-24-26(14-18)13-17-8-6-5-7-9-17/h5-9,11,14,16,19H,4,10,12-13,15H2,1-3H3,(H,22,23). The van der Waals surface area contributed by atoms with E-state index >= 15 is 0 Å². The molecule has 1 N–H and O–H groups in total. The van der Waals surface area contributed by atoms with Gasteiger partial charge in [0.25, 0.3) is 0 Å². The van der Waals surface area contributed by atoms with Crippen LogP contribution >= 0.6 is 0 Å². The van der Waals surface area contributed by atoms with Crippen LogP contribution in [-0.4, -0.2) is 53.4 Å². The molecule has 1 aromatic carbocycles. The highest BCUT2D eigenvalue weighted by Gasteiger charge is 2.36. The molecule has 1 aliphatic rings. The Morgan fingerprint density at radius 2 is 2.07 bits per heavy atom. The predicted octanol–water partition coefficient (Wildman–Crippen LogP) is 2.14. The molecule has 0 amide bonds. The smallest absolute Gasteiger partial charge is 0.310 e. The third kappa shape index (κ3) is 4.91. The van der Waals surface area contributed by atoms with Gasteiger partial charge >= 0.3 is 5.97 Å². The van der Waals surface area contributed by atoms with Gasteiger partial charge in [-0.15, -0.1) is 0 Å². The molecule has 0 bridgehead atoms. The summed E-state index contributed by atoms with van der Waals surface area (Å²) in [6.07, 6.45) is 3.89. The number of nitrogens with zero attached hydrogens (tertiary/aromatic N) is 4. The predicted molar refractivity (Wildman–Crippen MR) is 109 cm³/mol. The van der Waals surface area contributed by atoms with Crippen molar-refractivity contribution in [1.29, 1.82) is 0 Å². The van der Waals surface area contributed by atoms with Gasteiger partial charge in [-0.3, -0.25) is 9.48 Å². The number of nitrogens with one attached hydrogen (secondary N) is 1. The van der Waals surface area contributed by atoms with E-state index in [-0.39, 0.29) is 17.8 Å². The van der Waals surface area contributed by atoms with Crippen LogP contribution in [0, 0.1) is 11.8 Å². The van der Waals surface area contributed by atoms with Gasteiger partial charge in [0.2, 0.25) is 0 Å². The van der Waals surface area contributed by atoms with Crippen molar-refractivity contribution >= 4 is 11.9 Å². The number of hydrogen-bond acceptors (Lipinski definition) is 4. The fourth-order valence-electron chi connectivity index (χ4n) is 3.53. The molecular formula is C21H29N5O2. The molecule has 7 nitrogen and oxygen atoms in total. The lowest BCUT2D eigenvalue weighted by molar-refractivity contribution is -0.145. The first-order valence-corrected chi connectivity index (χ1v) is 9.77. The van der Waals surface area contributed by atoms with Crippen molar-refractivity contribution in [3.8, 4) is 0 Å². The Labute approximate surface area is 166 Å². The molecule has 0 radical (unpaired) electrons. The first kappa shape index (κ1) is 19.9. The number of carbonyl (C=O) groups excluding carboxylic acids is 1. The van der Waals surface area contributed by atoms with Crippen molar-refractivity contribution in [2.24, 2.45) is 16.8 Å². The summed E-state index contributed by atoms with van der Waals surface area (Å²) in [5.74, 6) is 0.817. The first-order chi connectivity index (χ1) is 13.6. The van der Waals surface area contributed by atoms with E-state index in [0.29, 0.717) is 13.1 Å². The third-order valence-corrected chi connectivity index (χ3v) is 5.04. The summed E-state index contributed by atoms with van der Waals surface area (Å²) in [7, 11) is 1.45. The van der Waals surface area contributed by atoms with Gasteiger partial charge < -0.3 is 15.0 Å². The molecule has 7 heteroatoms. The lowest BCUT2D eigenvalue weighted by Gasteiger charge is -2.21. The van der Waals surface area contributed by atoms with Gasteiger partial charge in [-0.05, 0) is 18.4 Å². The van der Waals surface area contributed by atoms with Gasteiger partial charge in [0, 0.05) is 31.4 Å². The highest BCUT2D eigenvalue weighted by molar-refractivity contribution is 5.82. The van der Waals surface area contributed by atoms with Gasteiger partial charge in [-0.25, -0.2) is 4.99 Å². The summed E-state index contributed by atoms with van der Waals surface area (Å²) in [6.45, 7) is 7.62. The molecule has 2 atom stereocenters. The third-order valence-electron chi connectivity index (χ3n) is 5.04. The van der Waals surface area contributed by atoms with Crippen LogP contribution in [0.3, 0.4) is 0 Å². The minimum absolute atomic E-state index is 0.109. The quantitative estimate of drug-likeness (QED) is 0.470. The van der Waals surface area contributed by atoms with Gasteiger partial charge in [0.1, 0.15) is 0 Å². The van der Waals surface area contributed by atoms with E-state index in [0.717, 1.165) is 31.2 Å². The Morgan fingerprint density at radius 3 is 2.79 bits per heavy atom. The molecule has 3 rings (SSSR count). The van der Waals surface area contributed by atoms with Gasteiger partial charge in [0.05, 0.1) is 32.3 Å². The van der Waals surface area contributed by atoms with Crippen LogP contribution in [-0.2, 0) is 22.6 Å². The van der Waals surface area contributed by atoms with Gasteiger partial charge in [-0.2, -0.15) is 5.10 Å². The average molecular weight is 383 g/mol. The lowest BCUT2D eigenvalue weighted by Crippen LogP contribution is -2.40. The number of esters is 1. The summed E-state index contributed by atoms with van der Waals surface area (Å²) in [6, 6.07) is 10.3. The lowest BCUT2D eigenvalue weighted by atomic mass is 9.99.